The number of anilines is 3. The third kappa shape index (κ3) is 4.75. The Labute approximate surface area is 271 Å². The van der Waals surface area contributed by atoms with Crippen LogP contribution in [0, 0.1) is 0 Å². The predicted molar refractivity (Wildman–Crippen MR) is 192 cm³/mol. The first-order chi connectivity index (χ1) is 23.3. The molecule has 0 saturated heterocycles. The second-order valence-corrected chi connectivity index (χ2v) is 11.6. The number of oxazole rings is 1. The minimum absolute atomic E-state index is 0.570. The maximum absolute atomic E-state index is 6.68. The van der Waals surface area contributed by atoms with Crippen LogP contribution >= 0.6 is 0 Å². The number of aromatic nitrogens is 1. The normalized spacial score (nSPS) is 11.4. The van der Waals surface area contributed by atoms with Crippen molar-refractivity contribution >= 4 is 50.1 Å². The van der Waals surface area contributed by atoms with Gasteiger partial charge < -0.3 is 13.7 Å². The van der Waals surface area contributed by atoms with Gasteiger partial charge in [-0.05, 0) is 64.7 Å². The first-order valence-electron chi connectivity index (χ1n) is 15.7. The van der Waals surface area contributed by atoms with Crippen molar-refractivity contribution < 1.29 is 8.83 Å². The van der Waals surface area contributed by atoms with Crippen LogP contribution in [0.2, 0.25) is 0 Å². The van der Waals surface area contributed by atoms with Gasteiger partial charge in [-0.25, -0.2) is 4.98 Å². The molecule has 0 atom stereocenters. The van der Waals surface area contributed by atoms with E-state index in [1.54, 1.807) is 0 Å². The fraction of sp³-hybridized carbons (Fsp3) is 0. The highest BCUT2D eigenvalue weighted by atomic mass is 16.4. The summed E-state index contributed by atoms with van der Waals surface area (Å²) in [7, 11) is 0. The molecule has 2 aromatic heterocycles. The van der Waals surface area contributed by atoms with Crippen LogP contribution in [-0.2, 0) is 0 Å². The number of nitrogens with zero attached hydrogens (tertiary/aromatic N) is 2. The Hall–Kier alpha value is -6.39. The van der Waals surface area contributed by atoms with Gasteiger partial charge in [-0.1, -0.05) is 121 Å². The Morgan fingerprint density at radius 3 is 1.60 bits per heavy atom. The summed E-state index contributed by atoms with van der Waals surface area (Å²) in [6.07, 6.45) is 0. The lowest BCUT2D eigenvalue weighted by molar-refractivity contribution is 0.620. The van der Waals surface area contributed by atoms with Gasteiger partial charge >= 0.3 is 0 Å². The maximum atomic E-state index is 6.68. The fourth-order valence-corrected chi connectivity index (χ4v) is 6.44. The second kappa shape index (κ2) is 11.2. The minimum Gasteiger partial charge on any atom is -0.456 e. The zero-order valence-corrected chi connectivity index (χ0v) is 25.4. The van der Waals surface area contributed by atoms with Crippen LogP contribution in [0.5, 0.6) is 0 Å². The molecular formula is C43H28N2O2. The van der Waals surface area contributed by atoms with Crippen LogP contribution in [0.4, 0.5) is 17.1 Å². The first-order valence-corrected chi connectivity index (χ1v) is 15.7. The molecule has 7 aromatic carbocycles. The van der Waals surface area contributed by atoms with E-state index in [2.05, 4.69) is 108 Å². The molecule has 0 amide bonds. The molecule has 47 heavy (non-hydrogen) atoms. The van der Waals surface area contributed by atoms with Crippen molar-refractivity contribution in [2.24, 2.45) is 0 Å². The molecule has 0 N–H and O–H groups in total. The molecule has 0 saturated carbocycles. The van der Waals surface area contributed by atoms with Crippen molar-refractivity contribution in [1.29, 1.82) is 0 Å². The van der Waals surface area contributed by atoms with E-state index < -0.39 is 0 Å². The molecule has 0 aliphatic heterocycles. The molecule has 0 aliphatic rings. The third-order valence-electron chi connectivity index (χ3n) is 8.71. The van der Waals surface area contributed by atoms with Gasteiger partial charge in [0.1, 0.15) is 22.4 Å². The highest BCUT2D eigenvalue weighted by Gasteiger charge is 2.26. The summed E-state index contributed by atoms with van der Waals surface area (Å²) in [6.45, 7) is 0. The van der Waals surface area contributed by atoms with Gasteiger partial charge in [0.05, 0.1) is 5.39 Å². The van der Waals surface area contributed by atoms with E-state index in [9.17, 15) is 0 Å². The minimum atomic E-state index is 0.570. The highest BCUT2D eigenvalue weighted by molar-refractivity contribution is 6.20. The maximum Gasteiger partial charge on any atom is 0.227 e. The number of furan rings is 1. The largest absolute Gasteiger partial charge is 0.456 e. The van der Waals surface area contributed by atoms with Gasteiger partial charge in [0.2, 0.25) is 5.89 Å². The van der Waals surface area contributed by atoms with Crippen molar-refractivity contribution in [3.8, 4) is 33.7 Å². The average molecular weight is 605 g/mol. The number of hydrogen-bond acceptors (Lipinski definition) is 4. The molecule has 9 rings (SSSR count). The zero-order valence-electron chi connectivity index (χ0n) is 25.4. The average Bonchev–Trinajstić information content (AvgIpc) is 3.75. The number of benzene rings is 7. The Balaban J connectivity index is 1.23. The van der Waals surface area contributed by atoms with E-state index in [1.807, 2.05) is 66.7 Å². The Morgan fingerprint density at radius 2 is 0.936 bits per heavy atom. The molecule has 0 bridgehead atoms. The summed E-state index contributed by atoms with van der Waals surface area (Å²) in [6, 6.07) is 58.5. The molecular weight excluding hydrogens is 576 g/mol. The molecule has 0 spiro atoms. The zero-order chi connectivity index (χ0) is 31.2. The van der Waals surface area contributed by atoms with Crippen molar-refractivity contribution in [1.82, 2.24) is 4.98 Å². The molecule has 9 aromatic rings. The fourth-order valence-electron chi connectivity index (χ4n) is 6.44. The Kier molecular flexibility index (Phi) is 6.43. The summed E-state index contributed by atoms with van der Waals surface area (Å²) in [4.78, 5) is 7.22. The van der Waals surface area contributed by atoms with Crippen LogP contribution in [0.3, 0.4) is 0 Å². The summed E-state index contributed by atoms with van der Waals surface area (Å²) in [5, 5.41) is 2.00. The molecule has 0 unspecified atom stereocenters. The second-order valence-electron chi connectivity index (χ2n) is 11.6. The van der Waals surface area contributed by atoms with Crippen molar-refractivity contribution in [3.63, 3.8) is 0 Å². The smallest absolute Gasteiger partial charge is 0.227 e. The quantitative estimate of drug-likeness (QED) is 0.189. The van der Waals surface area contributed by atoms with E-state index in [0.717, 1.165) is 61.2 Å². The summed E-state index contributed by atoms with van der Waals surface area (Å²) < 4.78 is 13.1. The van der Waals surface area contributed by atoms with Crippen molar-refractivity contribution in [2.45, 2.75) is 0 Å². The number of para-hydroxylation sites is 2. The molecule has 4 heteroatoms. The van der Waals surface area contributed by atoms with Gasteiger partial charge in [0, 0.05) is 28.4 Å². The standard InChI is InChI=1S/C43H28N2O2/c1-4-12-29(13-5-1)30-20-22-31(23-21-30)32-24-26-35(27-25-32)45(34-16-8-3-9-17-34)41-40-36-18-10-11-19-38(36)46-39(40)28-37-42(41)47-43(44-37)33-14-6-2-7-15-33/h1-28H. The summed E-state index contributed by atoms with van der Waals surface area (Å²) in [5.41, 5.74) is 11.6. The van der Waals surface area contributed by atoms with Gasteiger partial charge in [0.25, 0.3) is 0 Å². The topological polar surface area (TPSA) is 42.4 Å². The van der Waals surface area contributed by atoms with E-state index in [4.69, 9.17) is 13.8 Å². The Bertz CT molecular complexity index is 2480. The lowest BCUT2D eigenvalue weighted by Crippen LogP contribution is -2.10. The number of fused-ring (bicyclic) bond motifs is 4. The Morgan fingerprint density at radius 1 is 0.426 bits per heavy atom. The molecule has 2 heterocycles. The predicted octanol–water partition coefficient (Wildman–Crippen LogP) is 12.2. The molecule has 0 fully saturated rings. The first kappa shape index (κ1) is 27.0. The van der Waals surface area contributed by atoms with E-state index in [0.29, 0.717) is 11.5 Å². The molecule has 222 valence electrons. The summed E-state index contributed by atoms with van der Waals surface area (Å²) in [5.74, 6) is 0.570. The molecule has 4 nitrogen and oxygen atoms in total. The lowest BCUT2D eigenvalue weighted by atomic mass is 10.00. The van der Waals surface area contributed by atoms with Crippen LogP contribution in [0.1, 0.15) is 0 Å². The van der Waals surface area contributed by atoms with Gasteiger partial charge in [-0.2, -0.15) is 0 Å². The number of rotatable bonds is 6. The van der Waals surface area contributed by atoms with Crippen LogP contribution in [-0.4, -0.2) is 4.98 Å². The van der Waals surface area contributed by atoms with E-state index in [-0.39, 0.29) is 0 Å². The van der Waals surface area contributed by atoms with Gasteiger partial charge in [0.15, 0.2) is 5.58 Å². The molecule has 0 radical (unpaired) electrons. The monoisotopic (exact) mass is 604 g/mol. The SMILES string of the molecule is c1ccc(-c2ccc(-c3ccc(N(c4ccccc4)c4c5oc(-c6ccccc6)nc5cc5oc6ccccc6c45)cc3)cc2)cc1. The molecule has 0 aliphatic carbocycles. The van der Waals surface area contributed by atoms with E-state index >= 15 is 0 Å². The third-order valence-corrected chi connectivity index (χ3v) is 8.71. The van der Waals surface area contributed by atoms with Gasteiger partial charge in [-0.3, -0.25) is 0 Å². The highest BCUT2D eigenvalue weighted by Crippen LogP contribution is 2.48. The van der Waals surface area contributed by atoms with E-state index in [1.165, 1.54) is 11.1 Å². The lowest BCUT2D eigenvalue weighted by Gasteiger charge is -2.26. The van der Waals surface area contributed by atoms with Crippen LogP contribution in [0.15, 0.2) is 179 Å². The van der Waals surface area contributed by atoms with Crippen LogP contribution in [0.25, 0.3) is 66.7 Å². The van der Waals surface area contributed by atoms with Crippen molar-refractivity contribution in [3.05, 3.63) is 170 Å². The van der Waals surface area contributed by atoms with Gasteiger partial charge in [-0.15, -0.1) is 0 Å². The summed E-state index contributed by atoms with van der Waals surface area (Å²) >= 11 is 0. The van der Waals surface area contributed by atoms with Crippen molar-refractivity contribution in [2.75, 3.05) is 4.90 Å². The van der Waals surface area contributed by atoms with Crippen LogP contribution < -0.4 is 4.90 Å². The number of hydrogen-bond donors (Lipinski definition) is 0.